The Bertz CT molecular complexity index is 544. The number of carboxylic acid groups (broad SMARTS) is 1. The third-order valence-electron chi connectivity index (χ3n) is 3.21. The molecule has 1 aliphatic carbocycles. The molecule has 19 heavy (non-hydrogen) atoms. The van der Waals surface area contributed by atoms with Crippen molar-refractivity contribution in [3.05, 3.63) is 20.7 Å². The first-order valence-electron chi connectivity index (χ1n) is 6.13. The van der Waals surface area contributed by atoms with Gasteiger partial charge >= 0.3 is 10.8 Å². The molecule has 1 fully saturated rings. The van der Waals surface area contributed by atoms with Crippen LogP contribution < -0.4 is 10.2 Å². The van der Waals surface area contributed by atoms with Gasteiger partial charge in [0.1, 0.15) is 6.54 Å². The summed E-state index contributed by atoms with van der Waals surface area (Å²) in [7, 11) is 0. The first-order chi connectivity index (χ1) is 8.97. The molecule has 1 atom stereocenters. The van der Waals surface area contributed by atoms with Gasteiger partial charge in [-0.1, -0.05) is 11.3 Å². The van der Waals surface area contributed by atoms with Gasteiger partial charge in [0.05, 0.1) is 6.42 Å². The topological polar surface area (TPSA) is 88.4 Å². The minimum Gasteiger partial charge on any atom is -0.481 e. The number of hydrogen-bond donors (Lipinski definition) is 2. The predicted octanol–water partition coefficient (Wildman–Crippen LogP) is 0.588. The summed E-state index contributed by atoms with van der Waals surface area (Å²) in [6, 6.07) is -0.320. The van der Waals surface area contributed by atoms with Crippen molar-refractivity contribution in [2.75, 3.05) is 0 Å². The van der Waals surface area contributed by atoms with Gasteiger partial charge in [0.15, 0.2) is 0 Å². The van der Waals surface area contributed by atoms with Gasteiger partial charge in [-0.2, -0.15) is 0 Å². The molecule has 1 saturated carbocycles. The molecule has 0 aliphatic heterocycles. The van der Waals surface area contributed by atoms with Gasteiger partial charge in [-0.25, -0.2) is 0 Å². The second kappa shape index (κ2) is 5.56. The fraction of sp³-hybridized carbons (Fsp3) is 0.583. The molecule has 1 aromatic rings. The molecule has 1 heterocycles. The number of rotatable bonds is 6. The van der Waals surface area contributed by atoms with Crippen molar-refractivity contribution < 1.29 is 14.7 Å². The Balaban J connectivity index is 1.96. The average molecular weight is 284 g/mol. The fourth-order valence-corrected chi connectivity index (χ4v) is 2.75. The van der Waals surface area contributed by atoms with E-state index >= 15 is 0 Å². The maximum atomic E-state index is 11.9. The summed E-state index contributed by atoms with van der Waals surface area (Å²) in [5.74, 6) is -0.955. The first-order valence-corrected chi connectivity index (χ1v) is 7.01. The van der Waals surface area contributed by atoms with Crippen molar-refractivity contribution in [1.82, 2.24) is 9.88 Å². The van der Waals surface area contributed by atoms with Gasteiger partial charge < -0.3 is 10.4 Å². The number of amides is 1. The van der Waals surface area contributed by atoms with Gasteiger partial charge in [0.25, 0.3) is 0 Å². The molecule has 0 radical (unpaired) electrons. The largest absolute Gasteiger partial charge is 0.481 e. The van der Waals surface area contributed by atoms with Crippen molar-refractivity contribution >= 4 is 23.2 Å². The smallest absolute Gasteiger partial charge is 0.307 e. The molecule has 0 saturated heterocycles. The van der Waals surface area contributed by atoms with Gasteiger partial charge in [-0.15, -0.1) is 0 Å². The van der Waals surface area contributed by atoms with Gasteiger partial charge in [-0.3, -0.25) is 19.0 Å². The minimum absolute atomic E-state index is 0.0446. The van der Waals surface area contributed by atoms with Crippen LogP contribution in [-0.4, -0.2) is 27.6 Å². The van der Waals surface area contributed by atoms with E-state index < -0.39 is 5.97 Å². The van der Waals surface area contributed by atoms with Crippen LogP contribution in [0.4, 0.5) is 0 Å². The summed E-state index contributed by atoms with van der Waals surface area (Å²) in [5, 5.41) is 13.2. The molecule has 0 aromatic carbocycles. The van der Waals surface area contributed by atoms with E-state index in [0.717, 1.165) is 29.9 Å². The van der Waals surface area contributed by atoms with Gasteiger partial charge in [-0.05, 0) is 25.7 Å². The number of nitrogens with one attached hydrogen (secondary N) is 1. The van der Waals surface area contributed by atoms with Crippen LogP contribution in [0.25, 0.3) is 0 Å². The van der Waals surface area contributed by atoms with Crippen LogP contribution >= 0.6 is 11.3 Å². The number of aliphatic carboxylic acids is 1. The predicted molar refractivity (Wildman–Crippen MR) is 70.2 cm³/mol. The SMILES string of the molecule is Cc1csc(=O)n1CC(=O)NC(CC(=O)O)C1CC1. The summed E-state index contributed by atoms with van der Waals surface area (Å²) >= 11 is 1.05. The molecule has 2 rings (SSSR count). The van der Waals surface area contributed by atoms with E-state index in [1.54, 1.807) is 12.3 Å². The van der Waals surface area contributed by atoms with Crippen molar-refractivity contribution in [3.8, 4) is 0 Å². The number of aromatic nitrogens is 1. The zero-order valence-corrected chi connectivity index (χ0v) is 11.4. The van der Waals surface area contributed by atoms with Crippen LogP contribution in [0.3, 0.4) is 0 Å². The van der Waals surface area contributed by atoms with Crippen molar-refractivity contribution in [2.45, 2.75) is 38.8 Å². The highest BCUT2D eigenvalue weighted by molar-refractivity contribution is 7.07. The van der Waals surface area contributed by atoms with E-state index in [-0.39, 0.29) is 35.7 Å². The molecular formula is C12H16N2O4S. The standard InChI is InChI=1S/C12H16N2O4S/c1-7-6-19-12(18)14(7)5-10(15)13-9(4-11(16)17)8-2-3-8/h6,8-9H,2-5H2,1H3,(H,13,15)(H,16,17). The normalized spacial score (nSPS) is 16.1. The number of hydrogen-bond acceptors (Lipinski definition) is 4. The second-order valence-corrected chi connectivity index (χ2v) is 5.66. The Morgan fingerprint density at radius 1 is 1.58 bits per heavy atom. The molecule has 1 aromatic heterocycles. The highest BCUT2D eigenvalue weighted by Crippen LogP contribution is 2.34. The summed E-state index contributed by atoms with van der Waals surface area (Å²) in [6.45, 7) is 1.72. The lowest BCUT2D eigenvalue weighted by Gasteiger charge is -2.16. The first kappa shape index (κ1) is 13.8. The maximum Gasteiger partial charge on any atom is 0.307 e. The highest BCUT2D eigenvalue weighted by Gasteiger charge is 2.33. The number of carboxylic acids is 1. The lowest BCUT2D eigenvalue weighted by atomic mass is 10.1. The fourth-order valence-electron chi connectivity index (χ4n) is 2.01. The van der Waals surface area contributed by atoms with E-state index in [9.17, 15) is 14.4 Å². The van der Waals surface area contributed by atoms with E-state index in [0.29, 0.717) is 0 Å². The van der Waals surface area contributed by atoms with Crippen LogP contribution in [0.2, 0.25) is 0 Å². The quantitative estimate of drug-likeness (QED) is 0.800. The molecule has 0 bridgehead atoms. The molecule has 6 nitrogen and oxygen atoms in total. The Kier molecular flexibility index (Phi) is 4.04. The molecule has 1 unspecified atom stereocenters. The number of nitrogens with zero attached hydrogens (tertiary/aromatic N) is 1. The Morgan fingerprint density at radius 3 is 2.74 bits per heavy atom. The van der Waals surface area contributed by atoms with E-state index in [4.69, 9.17) is 5.11 Å². The second-order valence-electron chi connectivity index (χ2n) is 4.84. The lowest BCUT2D eigenvalue weighted by Crippen LogP contribution is -2.40. The van der Waals surface area contributed by atoms with E-state index in [1.807, 2.05) is 0 Å². The van der Waals surface area contributed by atoms with Gasteiger partial charge in [0, 0.05) is 17.1 Å². The number of aryl methyl sites for hydroxylation is 1. The molecule has 1 aliphatic rings. The molecule has 1 amide bonds. The van der Waals surface area contributed by atoms with Crippen LogP contribution in [0.5, 0.6) is 0 Å². The average Bonchev–Trinajstić information content (AvgIpc) is 3.11. The summed E-state index contributed by atoms with van der Waals surface area (Å²) in [6.07, 6.45) is 1.85. The number of carbonyl (C=O) groups excluding carboxylic acids is 1. The lowest BCUT2D eigenvalue weighted by molar-refractivity contribution is -0.137. The van der Waals surface area contributed by atoms with E-state index in [1.165, 1.54) is 4.57 Å². The van der Waals surface area contributed by atoms with Crippen molar-refractivity contribution in [2.24, 2.45) is 5.92 Å². The third-order valence-corrected chi connectivity index (χ3v) is 4.09. The van der Waals surface area contributed by atoms with E-state index in [2.05, 4.69) is 5.32 Å². The maximum absolute atomic E-state index is 11.9. The van der Waals surface area contributed by atoms with Crippen molar-refractivity contribution in [3.63, 3.8) is 0 Å². The molecule has 104 valence electrons. The molecule has 0 spiro atoms. The third kappa shape index (κ3) is 3.66. The number of carbonyl (C=O) groups is 2. The summed E-state index contributed by atoms with van der Waals surface area (Å²) < 4.78 is 1.39. The highest BCUT2D eigenvalue weighted by atomic mass is 32.1. The summed E-state index contributed by atoms with van der Waals surface area (Å²) in [4.78, 5) is 33.9. The van der Waals surface area contributed by atoms with Crippen LogP contribution in [-0.2, 0) is 16.1 Å². The minimum atomic E-state index is -0.916. The Hall–Kier alpha value is -1.63. The molecule has 7 heteroatoms. The monoisotopic (exact) mass is 284 g/mol. The zero-order chi connectivity index (χ0) is 14.0. The Morgan fingerprint density at radius 2 is 2.26 bits per heavy atom. The van der Waals surface area contributed by atoms with Crippen LogP contribution in [0.15, 0.2) is 10.2 Å². The molecule has 2 N–H and O–H groups in total. The summed E-state index contributed by atoms with van der Waals surface area (Å²) in [5.41, 5.74) is 0.742. The van der Waals surface area contributed by atoms with Crippen molar-refractivity contribution in [1.29, 1.82) is 0 Å². The molecular weight excluding hydrogens is 268 g/mol. The number of thiazole rings is 1. The van der Waals surface area contributed by atoms with Crippen LogP contribution in [0, 0.1) is 12.8 Å². The Labute approximate surface area is 114 Å². The van der Waals surface area contributed by atoms with Crippen LogP contribution in [0.1, 0.15) is 25.0 Å². The van der Waals surface area contributed by atoms with Gasteiger partial charge in [0.2, 0.25) is 5.91 Å². The zero-order valence-electron chi connectivity index (χ0n) is 10.6.